The first-order chi connectivity index (χ1) is 15.7. The van der Waals surface area contributed by atoms with Crippen molar-refractivity contribution in [1.82, 2.24) is 24.8 Å². The Bertz CT molecular complexity index is 1230. The van der Waals surface area contributed by atoms with E-state index in [4.69, 9.17) is 4.74 Å². The highest BCUT2D eigenvalue weighted by atomic mass is 16.5. The van der Waals surface area contributed by atoms with Crippen molar-refractivity contribution in [2.24, 2.45) is 0 Å². The van der Waals surface area contributed by atoms with E-state index in [0.717, 1.165) is 34.9 Å². The third kappa shape index (κ3) is 3.65. The van der Waals surface area contributed by atoms with Crippen LogP contribution in [-0.2, 0) is 10.2 Å². The van der Waals surface area contributed by atoms with Gasteiger partial charge < -0.3 is 10.1 Å². The molecule has 3 aromatic heterocycles. The lowest BCUT2D eigenvalue weighted by Crippen LogP contribution is -2.44. The number of aromatic nitrogens is 4. The fourth-order valence-electron chi connectivity index (χ4n) is 4.57. The Morgan fingerprint density at radius 2 is 1.91 bits per heavy atom. The van der Waals surface area contributed by atoms with Crippen molar-refractivity contribution in [3.05, 3.63) is 84.1 Å². The average molecular weight is 428 g/mol. The van der Waals surface area contributed by atoms with Crippen molar-refractivity contribution in [2.75, 3.05) is 19.8 Å². The van der Waals surface area contributed by atoms with Crippen LogP contribution in [0.1, 0.15) is 34.3 Å². The molecule has 0 aliphatic carbocycles. The molecule has 0 unspecified atom stereocenters. The van der Waals surface area contributed by atoms with Gasteiger partial charge in [0.15, 0.2) is 0 Å². The van der Waals surface area contributed by atoms with E-state index in [0.29, 0.717) is 31.3 Å². The number of aryl methyl sites for hydroxylation is 1. The number of carbonyl (C=O) groups is 1. The Morgan fingerprint density at radius 1 is 1.09 bits per heavy atom. The third-order valence-electron chi connectivity index (χ3n) is 6.36. The van der Waals surface area contributed by atoms with Crippen LogP contribution in [0.2, 0.25) is 0 Å². The zero-order chi connectivity index (χ0) is 22.0. The van der Waals surface area contributed by atoms with Gasteiger partial charge in [-0.3, -0.25) is 14.3 Å². The molecule has 0 saturated carbocycles. The Balaban J connectivity index is 1.49. The van der Waals surface area contributed by atoms with Crippen LogP contribution < -0.4 is 5.32 Å². The van der Waals surface area contributed by atoms with Crippen LogP contribution in [0.4, 0.5) is 0 Å². The van der Waals surface area contributed by atoms with Crippen molar-refractivity contribution in [1.29, 1.82) is 0 Å². The summed E-state index contributed by atoms with van der Waals surface area (Å²) in [6.07, 6.45) is 10.6. The van der Waals surface area contributed by atoms with Crippen LogP contribution in [0.15, 0.2) is 67.4 Å². The zero-order valence-electron chi connectivity index (χ0n) is 18.0. The summed E-state index contributed by atoms with van der Waals surface area (Å²) in [6, 6.07) is 11.8. The molecule has 4 aromatic rings. The maximum Gasteiger partial charge on any atom is 0.253 e. The third-order valence-corrected chi connectivity index (χ3v) is 6.36. The molecule has 7 nitrogen and oxygen atoms in total. The van der Waals surface area contributed by atoms with E-state index in [1.54, 1.807) is 24.7 Å². The molecule has 0 radical (unpaired) electrons. The topological polar surface area (TPSA) is 81.9 Å². The van der Waals surface area contributed by atoms with Gasteiger partial charge in [-0.05, 0) is 49.1 Å². The van der Waals surface area contributed by atoms with Crippen LogP contribution >= 0.6 is 0 Å². The van der Waals surface area contributed by atoms with Gasteiger partial charge in [0.05, 0.1) is 11.1 Å². The zero-order valence-corrected chi connectivity index (χ0v) is 18.0. The first kappa shape index (κ1) is 20.3. The molecule has 162 valence electrons. The minimum Gasteiger partial charge on any atom is -0.381 e. The molecule has 1 amide bonds. The minimum absolute atomic E-state index is 0.103. The molecule has 1 aromatic carbocycles. The molecule has 5 rings (SSSR count). The summed E-state index contributed by atoms with van der Waals surface area (Å²) >= 11 is 0. The lowest BCUT2D eigenvalue weighted by Gasteiger charge is -2.37. The maximum absolute atomic E-state index is 13.5. The predicted octanol–water partition coefficient (Wildman–Crippen LogP) is 3.60. The summed E-state index contributed by atoms with van der Waals surface area (Å²) < 4.78 is 7.49. The number of fused-ring (bicyclic) bond motifs is 1. The summed E-state index contributed by atoms with van der Waals surface area (Å²) in [5.41, 5.74) is 3.53. The fraction of sp³-hybridized carbons (Fsp3) is 0.280. The van der Waals surface area contributed by atoms with E-state index in [2.05, 4.69) is 26.3 Å². The van der Waals surface area contributed by atoms with Gasteiger partial charge in [-0.15, -0.1) is 0 Å². The van der Waals surface area contributed by atoms with Gasteiger partial charge >= 0.3 is 0 Å². The second-order valence-electron chi connectivity index (χ2n) is 8.25. The Kier molecular flexibility index (Phi) is 5.41. The maximum atomic E-state index is 13.5. The SMILES string of the molecule is Cc1cccc2c1c(C(=O)NCC1(c3cccnc3)CCOCC1)cn2-c1ncccn1. The molecular weight excluding hydrogens is 402 g/mol. The van der Waals surface area contributed by atoms with Crippen LogP contribution in [0.25, 0.3) is 16.9 Å². The van der Waals surface area contributed by atoms with Crippen molar-refractivity contribution < 1.29 is 9.53 Å². The Hall–Kier alpha value is -3.58. The highest BCUT2D eigenvalue weighted by Crippen LogP contribution is 2.34. The number of carbonyl (C=O) groups excluding carboxylic acids is 1. The molecule has 1 saturated heterocycles. The van der Waals surface area contributed by atoms with Crippen molar-refractivity contribution in [2.45, 2.75) is 25.2 Å². The number of amides is 1. The minimum atomic E-state index is -0.182. The second kappa shape index (κ2) is 8.51. The molecule has 0 spiro atoms. The first-order valence-corrected chi connectivity index (χ1v) is 10.8. The summed E-state index contributed by atoms with van der Waals surface area (Å²) in [5, 5.41) is 4.13. The number of ether oxygens (including phenoxy) is 1. The van der Waals surface area contributed by atoms with E-state index in [1.807, 2.05) is 48.1 Å². The quantitative estimate of drug-likeness (QED) is 0.526. The number of pyridine rings is 1. The number of hydrogen-bond donors (Lipinski definition) is 1. The van der Waals surface area contributed by atoms with E-state index in [1.165, 1.54) is 0 Å². The molecule has 1 N–H and O–H groups in total. The highest BCUT2D eigenvalue weighted by molar-refractivity contribution is 6.08. The van der Waals surface area contributed by atoms with Crippen LogP contribution in [0, 0.1) is 6.92 Å². The lowest BCUT2D eigenvalue weighted by atomic mass is 9.74. The van der Waals surface area contributed by atoms with Gasteiger partial charge in [-0.1, -0.05) is 18.2 Å². The Labute approximate surface area is 186 Å². The van der Waals surface area contributed by atoms with Gasteiger partial charge in [0.2, 0.25) is 5.95 Å². The summed E-state index contributed by atoms with van der Waals surface area (Å²) in [7, 11) is 0. The molecule has 1 fully saturated rings. The van der Waals surface area contributed by atoms with E-state index in [9.17, 15) is 4.79 Å². The van der Waals surface area contributed by atoms with Crippen LogP contribution in [0.5, 0.6) is 0 Å². The van der Waals surface area contributed by atoms with Crippen molar-refractivity contribution in [3.8, 4) is 5.95 Å². The summed E-state index contributed by atoms with van der Waals surface area (Å²) in [4.78, 5) is 26.5. The Morgan fingerprint density at radius 3 is 2.66 bits per heavy atom. The van der Waals surface area contributed by atoms with E-state index < -0.39 is 0 Å². The van der Waals surface area contributed by atoms with E-state index >= 15 is 0 Å². The number of benzene rings is 1. The van der Waals surface area contributed by atoms with E-state index in [-0.39, 0.29) is 11.3 Å². The smallest absolute Gasteiger partial charge is 0.253 e. The van der Waals surface area contributed by atoms with Gasteiger partial charge in [0, 0.05) is 61.5 Å². The summed E-state index contributed by atoms with van der Waals surface area (Å²) in [6.45, 7) is 3.90. The monoisotopic (exact) mass is 427 g/mol. The molecule has 7 heteroatoms. The van der Waals surface area contributed by atoms with Gasteiger partial charge in [0.1, 0.15) is 0 Å². The standard InChI is InChI=1S/C25H25N5O2/c1-18-5-2-7-21-22(18)20(16-30(21)24-27-11-4-12-28-24)23(31)29-17-25(8-13-32-14-9-25)19-6-3-10-26-15-19/h2-7,10-12,15-16H,8-9,13-14,17H2,1H3,(H,29,31). The molecule has 1 aliphatic heterocycles. The van der Waals surface area contributed by atoms with Crippen molar-refractivity contribution in [3.63, 3.8) is 0 Å². The summed E-state index contributed by atoms with van der Waals surface area (Å²) in [5.74, 6) is 0.437. The van der Waals surface area contributed by atoms with Gasteiger partial charge in [0.25, 0.3) is 5.91 Å². The first-order valence-electron chi connectivity index (χ1n) is 10.8. The van der Waals surface area contributed by atoms with Crippen LogP contribution in [0.3, 0.4) is 0 Å². The molecule has 32 heavy (non-hydrogen) atoms. The second-order valence-corrected chi connectivity index (χ2v) is 8.25. The molecule has 4 heterocycles. The molecule has 0 bridgehead atoms. The number of rotatable bonds is 5. The fourth-order valence-corrected chi connectivity index (χ4v) is 4.57. The molecule has 1 aliphatic rings. The molecule has 0 atom stereocenters. The number of nitrogens with one attached hydrogen (secondary N) is 1. The van der Waals surface area contributed by atoms with Gasteiger partial charge in [-0.2, -0.15) is 0 Å². The van der Waals surface area contributed by atoms with Crippen LogP contribution in [-0.4, -0.2) is 45.2 Å². The number of nitrogens with zero attached hydrogens (tertiary/aromatic N) is 4. The average Bonchev–Trinajstić information content (AvgIpc) is 3.25. The highest BCUT2D eigenvalue weighted by Gasteiger charge is 2.35. The molecular formula is C25H25N5O2. The normalized spacial score (nSPS) is 15.5. The largest absolute Gasteiger partial charge is 0.381 e. The number of hydrogen-bond acceptors (Lipinski definition) is 5. The van der Waals surface area contributed by atoms with Gasteiger partial charge in [-0.25, -0.2) is 9.97 Å². The predicted molar refractivity (Wildman–Crippen MR) is 122 cm³/mol. The van der Waals surface area contributed by atoms with Crippen molar-refractivity contribution >= 4 is 16.8 Å². The lowest BCUT2D eigenvalue weighted by molar-refractivity contribution is 0.0486.